The monoisotopic (exact) mass is 75.0 g/mol. The van der Waals surface area contributed by atoms with Gasteiger partial charge in [-0.1, -0.05) is 5.21 Å². The fraction of sp³-hybridized carbons (Fsp3) is 0. The molecule has 0 rings (SSSR count). The van der Waals surface area contributed by atoms with Crippen LogP contribution in [0.5, 0.6) is 0 Å². The molecule has 1 radical (unpaired) electrons. The van der Waals surface area contributed by atoms with E-state index < -0.39 is 6.03 Å². The Morgan fingerprint density at radius 2 is 2.00 bits per heavy atom. The average Bonchev–Trinajstić information content (AvgIpc) is 1.38. The lowest BCUT2D eigenvalue weighted by Crippen LogP contribution is -2.23. The lowest BCUT2D eigenvalue weighted by Gasteiger charge is -1.75. The van der Waals surface area contributed by atoms with Gasteiger partial charge in [0.2, 0.25) is 0 Å². The van der Waals surface area contributed by atoms with Crippen LogP contribution in [0, 0.1) is 0 Å². The number of carbonyl (C=O) groups excluding carboxylic acids is 1. The fourth-order valence-electron chi connectivity index (χ4n) is 0. The molecule has 2 amide bonds. The van der Waals surface area contributed by atoms with Gasteiger partial charge < -0.3 is 5.73 Å². The van der Waals surface area contributed by atoms with Gasteiger partial charge in [0.1, 0.15) is 0 Å². The van der Waals surface area contributed by atoms with Gasteiger partial charge in [-0.15, -0.1) is 0 Å². The molecule has 0 heterocycles. The Hall–Kier alpha value is -0.770. The SMILES string of the molecule is NC(=O)N[O]. The van der Waals surface area contributed by atoms with Crippen molar-refractivity contribution in [2.75, 3.05) is 0 Å². The summed E-state index contributed by atoms with van der Waals surface area (Å²) in [4.78, 5) is 9.17. The molecular formula is CH3N2O2. The summed E-state index contributed by atoms with van der Waals surface area (Å²) in [6, 6.07) is -1.05. The molecule has 0 aromatic rings. The molecule has 0 aliphatic heterocycles. The summed E-state index contributed by atoms with van der Waals surface area (Å²) in [5.74, 6) is 0. The van der Waals surface area contributed by atoms with Crippen molar-refractivity contribution < 1.29 is 10.0 Å². The van der Waals surface area contributed by atoms with Gasteiger partial charge in [-0.3, -0.25) is 0 Å². The quantitative estimate of drug-likeness (QED) is 0.356. The normalized spacial score (nSPS) is 6.60. The van der Waals surface area contributed by atoms with Gasteiger partial charge >= 0.3 is 6.03 Å². The van der Waals surface area contributed by atoms with Gasteiger partial charge in [0.15, 0.2) is 0 Å². The molecule has 0 aliphatic carbocycles. The lowest BCUT2D eigenvalue weighted by molar-refractivity contribution is 0.0999. The number of nitrogens with one attached hydrogen (secondary N) is 1. The number of primary amides is 1. The molecule has 29 valence electrons. The minimum Gasteiger partial charge on any atom is -0.350 e. The van der Waals surface area contributed by atoms with Crippen LogP contribution in [-0.2, 0) is 5.21 Å². The van der Waals surface area contributed by atoms with E-state index in [1.54, 1.807) is 0 Å². The molecule has 0 atom stereocenters. The predicted octanol–water partition coefficient (Wildman–Crippen LogP) is -1.000. The number of amides is 2. The van der Waals surface area contributed by atoms with Crippen molar-refractivity contribution in [3.63, 3.8) is 0 Å². The zero-order valence-corrected chi connectivity index (χ0v) is 2.39. The van der Waals surface area contributed by atoms with Crippen LogP contribution >= 0.6 is 0 Å². The Kier molecular flexibility index (Phi) is 1.30. The summed E-state index contributed by atoms with van der Waals surface area (Å²) in [7, 11) is 0. The molecule has 4 heteroatoms. The van der Waals surface area contributed by atoms with Crippen molar-refractivity contribution in [2.24, 2.45) is 5.73 Å². The number of urea groups is 1. The van der Waals surface area contributed by atoms with E-state index in [1.165, 1.54) is 0 Å². The Labute approximate surface area is 28.5 Å². The number of hydrogen-bond donors (Lipinski definition) is 2. The fourth-order valence-corrected chi connectivity index (χ4v) is 0. The van der Waals surface area contributed by atoms with Gasteiger partial charge in [-0.25, -0.2) is 4.79 Å². The van der Waals surface area contributed by atoms with E-state index in [9.17, 15) is 0 Å². The van der Waals surface area contributed by atoms with E-state index in [1.807, 2.05) is 0 Å². The molecule has 0 saturated carbocycles. The highest BCUT2D eigenvalue weighted by Gasteiger charge is 1.77. The summed E-state index contributed by atoms with van der Waals surface area (Å²) in [6.45, 7) is 0. The Morgan fingerprint density at radius 3 is 2.00 bits per heavy atom. The highest BCUT2D eigenvalue weighted by molar-refractivity contribution is 5.69. The smallest absolute Gasteiger partial charge is 0.338 e. The molecule has 4 nitrogen and oxygen atoms in total. The van der Waals surface area contributed by atoms with Crippen molar-refractivity contribution in [3.8, 4) is 0 Å². The van der Waals surface area contributed by atoms with Gasteiger partial charge in [0.25, 0.3) is 0 Å². The third-order valence-corrected chi connectivity index (χ3v) is 0.101. The molecule has 0 saturated heterocycles. The van der Waals surface area contributed by atoms with Crippen molar-refractivity contribution in [2.45, 2.75) is 0 Å². The first kappa shape index (κ1) is 4.23. The van der Waals surface area contributed by atoms with Crippen molar-refractivity contribution in [1.82, 2.24) is 5.48 Å². The maximum atomic E-state index is 9.17. The molecule has 0 aliphatic rings. The molecule has 0 aromatic heterocycles. The molecule has 5 heavy (non-hydrogen) atoms. The van der Waals surface area contributed by atoms with Crippen LogP contribution in [0.25, 0.3) is 0 Å². The lowest BCUT2D eigenvalue weighted by atomic mass is 11.2. The molecule has 0 aromatic carbocycles. The zero-order valence-electron chi connectivity index (χ0n) is 2.39. The topological polar surface area (TPSA) is 75.0 Å². The number of nitrogens with two attached hydrogens (primary N) is 1. The van der Waals surface area contributed by atoms with Gasteiger partial charge in [0.05, 0.1) is 0 Å². The Balaban J connectivity index is 2.85. The molecule has 3 N–H and O–H groups in total. The van der Waals surface area contributed by atoms with E-state index in [2.05, 4.69) is 5.73 Å². The van der Waals surface area contributed by atoms with Crippen molar-refractivity contribution in [3.05, 3.63) is 0 Å². The van der Waals surface area contributed by atoms with Crippen LogP contribution < -0.4 is 11.2 Å². The molecule has 0 spiro atoms. The van der Waals surface area contributed by atoms with E-state index in [0.717, 1.165) is 5.48 Å². The van der Waals surface area contributed by atoms with Crippen molar-refractivity contribution in [1.29, 1.82) is 0 Å². The van der Waals surface area contributed by atoms with Crippen LogP contribution in [0.2, 0.25) is 0 Å². The molecule has 0 fully saturated rings. The zero-order chi connectivity index (χ0) is 4.28. The number of carbonyl (C=O) groups is 1. The maximum absolute atomic E-state index is 9.17. The van der Waals surface area contributed by atoms with E-state index in [4.69, 9.17) is 10.0 Å². The second kappa shape index (κ2) is 1.54. The predicted molar refractivity (Wildman–Crippen MR) is 13.4 cm³/mol. The highest BCUT2D eigenvalue weighted by Crippen LogP contribution is 1.39. The van der Waals surface area contributed by atoms with Gasteiger partial charge in [-0.2, -0.15) is 5.48 Å². The maximum Gasteiger partial charge on any atom is 0.338 e. The first-order valence-corrected chi connectivity index (χ1v) is 0.947. The van der Waals surface area contributed by atoms with Crippen LogP contribution in [0.1, 0.15) is 0 Å². The minimum atomic E-state index is -1.05. The highest BCUT2D eigenvalue weighted by atomic mass is 16.5. The Morgan fingerprint density at radius 1 is 1.80 bits per heavy atom. The molecular weight excluding hydrogens is 72.0 g/mol. The summed E-state index contributed by atoms with van der Waals surface area (Å²) in [6.07, 6.45) is 0. The number of rotatable bonds is 0. The molecule has 0 unspecified atom stereocenters. The van der Waals surface area contributed by atoms with Crippen LogP contribution in [0.15, 0.2) is 0 Å². The number of hydroxylamine groups is 1. The summed E-state index contributed by atoms with van der Waals surface area (Å²) >= 11 is 0. The summed E-state index contributed by atoms with van der Waals surface area (Å²) in [5, 5.41) is 8.91. The van der Waals surface area contributed by atoms with Crippen LogP contribution in [-0.4, -0.2) is 6.03 Å². The first-order chi connectivity index (χ1) is 2.27. The second-order valence-corrected chi connectivity index (χ2v) is 0.466. The van der Waals surface area contributed by atoms with Gasteiger partial charge in [-0.05, 0) is 0 Å². The van der Waals surface area contributed by atoms with E-state index >= 15 is 0 Å². The third-order valence-electron chi connectivity index (χ3n) is 0.101. The minimum absolute atomic E-state index is 0.917. The van der Waals surface area contributed by atoms with Crippen molar-refractivity contribution >= 4 is 6.03 Å². The average molecular weight is 75.0 g/mol. The second-order valence-electron chi connectivity index (χ2n) is 0.466. The standard InChI is InChI=1S/CH3N2O2/c2-1(4)3-5/h(H3,2,3,4). The number of hydrogen-bond acceptors (Lipinski definition) is 1. The largest absolute Gasteiger partial charge is 0.350 e. The van der Waals surface area contributed by atoms with Gasteiger partial charge in [0, 0.05) is 0 Å². The summed E-state index contributed by atoms with van der Waals surface area (Å²) < 4.78 is 0. The third kappa shape index (κ3) is 3.23. The van der Waals surface area contributed by atoms with E-state index in [-0.39, 0.29) is 0 Å². The summed E-state index contributed by atoms with van der Waals surface area (Å²) in [5.41, 5.74) is 5.15. The molecule has 0 bridgehead atoms. The Bertz CT molecular complexity index is 42.9. The van der Waals surface area contributed by atoms with Crippen LogP contribution in [0.4, 0.5) is 4.79 Å². The van der Waals surface area contributed by atoms with Crippen LogP contribution in [0.3, 0.4) is 0 Å². The van der Waals surface area contributed by atoms with E-state index in [0.29, 0.717) is 0 Å². The first-order valence-electron chi connectivity index (χ1n) is 0.947.